The van der Waals surface area contributed by atoms with Gasteiger partial charge < -0.3 is 10.1 Å². The standard InChI is InChI=1S/C19H20N2O2/c1-2-21-9-10(19(22)23)8-13-11-4-3-5-14-16(11)17-12(18(13)21)6-7-15(17)20-14/h3-7,10,12-13,18,20H,2,8-9H2,1H3,(H,22,23)/t10-,12?,13?,18-/m1/s1. The highest BCUT2D eigenvalue weighted by atomic mass is 16.4. The quantitative estimate of drug-likeness (QED) is 0.896. The highest BCUT2D eigenvalue weighted by molar-refractivity contribution is 5.94. The van der Waals surface area contributed by atoms with E-state index in [0.717, 1.165) is 13.0 Å². The summed E-state index contributed by atoms with van der Waals surface area (Å²) in [5.41, 5.74) is 5.21. The Morgan fingerprint density at radius 2 is 2.30 bits per heavy atom. The molecule has 2 N–H and O–H groups in total. The number of aromatic amines is 1. The van der Waals surface area contributed by atoms with Crippen molar-refractivity contribution in [3.8, 4) is 0 Å². The van der Waals surface area contributed by atoms with Gasteiger partial charge in [-0.3, -0.25) is 9.69 Å². The lowest BCUT2D eigenvalue weighted by Crippen LogP contribution is -2.52. The molecule has 2 unspecified atom stereocenters. The number of rotatable bonds is 2. The van der Waals surface area contributed by atoms with Gasteiger partial charge in [0.1, 0.15) is 0 Å². The van der Waals surface area contributed by atoms with Crippen LogP contribution < -0.4 is 0 Å². The second-order valence-electron chi connectivity index (χ2n) is 7.06. The molecule has 0 radical (unpaired) electrons. The van der Waals surface area contributed by atoms with E-state index >= 15 is 0 Å². The average molecular weight is 308 g/mol. The van der Waals surface area contributed by atoms with Gasteiger partial charge in [-0.2, -0.15) is 0 Å². The van der Waals surface area contributed by atoms with E-state index in [1.165, 1.54) is 27.7 Å². The van der Waals surface area contributed by atoms with Gasteiger partial charge in [-0.05, 0) is 36.2 Å². The maximum atomic E-state index is 11.6. The smallest absolute Gasteiger partial charge is 0.307 e. The summed E-state index contributed by atoms with van der Waals surface area (Å²) in [6.45, 7) is 3.72. The molecular formula is C19H20N2O2. The summed E-state index contributed by atoms with van der Waals surface area (Å²) in [7, 11) is 0. The number of piperidine rings is 1. The van der Waals surface area contributed by atoms with Gasteiger partial charge in [-0.25, -0.2) is 0 Å². The number of hydrogen-bond donors (Lipinski definition) is 2. The van der Waals surface area contributed by atoms with Crippen molar-refractivity contribution in [2.24, 2.45) is 5.92 Å². The Hall–Kier alpha value is -2.07. The molecule has 1 fully saturated rings. The van der Waals surface area contributed by atoms with Crippen LogP contribution in [0.4, 0.5) is 0 Å². The summed E-state index contributed by atoms with van der Waals surface area (Å²) in [6.07, 6.45) is 5.28. The molecule has 5 rings (SSSR count). The largest absolute Gasteiger partial charge is 0.481 e. The Labute approximate surface area is 134 Å². The Morgan fingerprint density at radius 1 is 1.43 bits per heavy atom. The van der Waals surface area contributed by atoms with Gasteiger partial charge in [0.2, 0.25) is 0 Å². The number of likely N-dealkylation sites (N-methyl/N-ethyl adjacent to an activating group) is 1. The van der Waals surface area contributed by atoms with Crippen molar-refractivity contribution in [3.05, 3.63) is 41.1 Å². The molecule has 2 heterocycles. The van der Waals surface area contributed by atoms with E-state index in [0.29, 0.717) is 24.4 Å². The van der Waals surface area contributed by atoms with Gasteiger partial charge in [-0.1, -0.05) is 25.1 Å². The first kappa shape index (κ1) is 13.4. The SMILES string of the molecule is CCN1C[C@H](C(=O)O)CC2c3cccc4[nH]c5c(c34)C(C=C5)[C@H]21. The van der Waals surface area contributed by atoms with Crippen LogP contribution in [0.3, 0.4) is 0 Å². The summed E-state index contributed by atoms with van der Waals surface area (Å²) in [5, 5.41) is 10.9. The first-order chi connectivity index (χ1) is 11.2. The van der Waals surface area contributed by atoms with Crippen LogP contribution in [0.5, 0.6) is 0 Å². The summed E-state index contributed by atoms with van der Waals surface area (Å²) in [5.74, 6) is -0.223. The minimum atomic E-state index is -0.656. The van der Waals surface area contributed by atoms with Gasteiger partial charge >= 0.3 is 5.97 Å². The third-order valence-electron chi connectivity index (χ3n) is 6.08. The zero-order chi connectivity index (χ0) is 15.7. The molecule has 0 amide bonds. The zero-order valence-corrected chi connectivity index (χ0v) is 13.1. The van der Waals surface area contributed by atoms with E-state index in [2.05, 4.69) is 47.2 Å². The number of likely N-dealkylation sites (tertiary alicyclic amines) is 1. The van der Waals surface area contributed by atoms with Crippen LogP contribution in [0.1, 0.15) is 42.0 Å². The van der Waals surface area contributed by atoms with Crippen LogP contribution >= 0.6 is 0 Å². The minimum Gasteiger partial charge on any atom is -0.481 e. The zero-order valence-electron chi connectivity index (χ0n) is 13.1. The average Bonchev–Trinajstić information content (AvgIpc) is 3.12. The molecule has 3 aliphatic rings. The molecule has 4 heteroatoms. The first-order valence-electron chi connectivity index (χ1n) is 8.48. The Kier molecular flexibility index (Phi) is 2.61. The summed E-state index contributed by atoms with van der Waals surface area (Å²) in [4.78, 5) is 17.6. The van der Waals surface area contributed by atoms with Crippen LogP contribution in [-0.2, 0) is 4.79 Å². The Morgan fingerprint density at radius 3 is 3.09 bits per heavy atom. The summed E-state index contributed by atoms with van der Waals surface area (Å²) in [6, 6.07) is 6.84. The molecule has 2 aromatic rings. The number of H-pyrrole nitrogens is 1. The summed E-state index contributed by atoms with van der Waals surface area (Å²) >= 11 is 0. The number of hydrogen-bond acceptors (Lipinski definition) is 2. The fraction of sp³-hybridized carbons (Fsp3) is 0.421. The monoisotopic (exact) mass is 308 g/mol. The second kappa shape index (κ2) is 4.48. The minimum absolute atomic E-state index is 0.267. The van der Waals surface area contributed by atoms with E-state index in [4.69, 9.17) is 0 Å². The molecule has 1 aromatic carbocycles. The number of nitrogens with one attached hydrogen (secondary N) is 1. The highest BCUT2D eigenvalue weighted by Crippen LogP contribution is 2.53. The topological polar surface area (TPSA) is 56.3 Å². The second-order valence-corrected chi connectivity index (χ2v) is 7.06. The van der Waals surface area contributed by atoms with Crippen LogP contribution in [0.2, 0.25) is 0 Å². The van der Waals surface area contributed by atoms with Crippen molar-refractivity contribution in [3.63, 3.8) is 0 Å². The molecule has 1 saturated heterocycles. The normalized spacial score (nSPS) is 31.5. The number of benzene rings is 1. The van der Waals surface area contributed by atoms with E-state index in [9.17, 15) is 9.90 Å². The van der Waals surface area contributed by atoms with Crippen molar-refractivity contribution in [1.29, 1.82) is 0 Å². The molecule has 1 aliphatic heterocycles. The van der Waals surface area contributed by atoms with Crippen LogP contribution in [0, 0.1) is 5.92 Å². The molecule has 4 atom stereocenters. The number of carbonyl (C=O) groups is 1. The van der Waals surface area contributed by atoms with Gasteiger partial charge in [0.15, 0.2) is 0 Å². The van der Waals surface area contributed by atoms with Gasteiger partial charge in [-0.15, -0.1) is 0 Å². The predicted molar refractivity (Wildman–Crippen MR) is 89.6 cm³/mol. The molecule has 1 aromatic heterocycles. The van der Waals surface area contributed by atoms with E-state index in [1.54, 1.807) is 0 Å². The maximum absolute atomic E-state index is 11.6. The molecule has 23 heavy (non-hydrogen) atoms. The van der Waals surface area contributed by atoms with Crippen LogP contribution in [0.15, 0.2) is 24.3 Å². The molecular weight excluding hydrogens is 288 g/mol. The van der Waals surface area contributed by atoms with E-state index in [1.807, 2.05) is 0 Å². The number of aromatic nitrogens is 1. The third kappa shape index (κ3) is 1.62. The summed E-state index contributed by atoms with van der Waals surface area (Å²) < 4.78 is 0. The van der Waals surface area contributed by atoms with E-state index in [-0.39, 0.29) is 5.92 Å². The fourth-order valence-electron chi connectivity index (χ4n) is 5.18. The lowest BCUT2D eigenvalue weighted by Gasteiger charge is -2.48. The third-order valence-corrected chi connectivity index (χ3v) is 6.08. The van der Waals surface area contributed by atoms with Gasteiger partial charge in [0, 0.05) is 41.0 Å². The maximum Gasteiger partial charge on any atom is 0.307 e. The van der Waals surface area contributed by atoms with Crippen LogP contribution in [0.25, 0.3) is 17.0 Å². The van der Waals surface area contributed by atoms with Crippen molar-refractivity contribution >= 4 is 22.9 Å². The molecule has 4 nitrogen and oxygen atoms in total. The predicted octanol–water partition coefficient (Wildman–Crippen LogP) is 3.17. The van der Waals surface area contributed by atoms with Gasteiger partial charge in [0.05, 0.1) is 5.92 Å². The number of nitrogens with zero attached hydrogens (tertiary/aromatic N) is 1. The number of fused-ring (bicyclic) bond motifs is 3. The molecule has 0 saturated carbocycles. The number of aliphatic carboxylic acids is 1. The van der Waals surface area contributed by atoms with Crippen molar-refractivity contribution in [2.45, 2.75) is 31.2 Å². The van der Waals surface area contributed by atoms with Gasteiger partial charge in [0.25, 0.3) is 0 Å². The first-order valence-corrected chi connectivity index (χ1v) is 8.48. The van der Waals surface area contributed by atoms with Crippen molar-refractivity contribution in [2.75, 3.05) is 13.1 Å². The fourth-order valence-corrected chi connectivity index (χ4v) is 5.18. The molecule has 2 aliphatic carbocycles. The van der Waals surface area contributed by atoms with Crippen LogP contribution in [-0.4, -0.2) is 40.1 Å². The lowest BCUT2D eigenvalue weighted by molar-refractivity contribution is -0.144. The molecule has 0 spiro atoms. The number of carboxylic acids is 1. The molecule has 0 bridgehead atoms. The van der Waals surface area contributed by atoms with Crippen molar-refractivity contribution < 1.29 is 9.90 Å². The highest BCUT2D eigenvalue weighted by Gasteiger charge is 2.47. The Bertz CT molecular complexity index is 850. The molecule has 118 valence electrons. The Balaban J connectivity index is 1.74. The van der Waals surface area contributed by atoms with Crippen molar-refractivity contribution in [1.82, 2.24) is 9.88 Å². The lowest BCUT2D eigenvalue weighted by atomic mass is 9.68. The number of carboxylic acid groups (broad SMARTS) is 1. The van der Waals surface area contributed by atoms with E-state index < -0.39 is 5.97 Å².